The highest BCUT2D eigenvalue weighted by molar-refractivity contribution is 5.98. The van der Waals surface area contributed by atoms with Crippen LogP contribution in [0.15, 0.2) is 30.3 Å². The number of ether oxygens (including phenoxy) is 4. The van der Waals surface area contributed by atoms with Gasteiger partial charge in [-0.05, 0) is 53.7 Å². The fourth-order valence-electron chi connectivity index (χ4n) is 3.67. The van der Waals surface area contributed by atoms with E-state index >= 15 is 0 Å². The minimum absolute atomic E-state index is 0.0396. The molecule has 8 heteroatoms. The molecular weight excluding hydrogens is 390 g/mol. The van der Waals surface area contributed by atoms with Gasteiger partial charge < -0.3 is 18.9 Å². The van der Waals surface area contributed by atoms with E-state index in [1.165, 1.54) is 0 Å². The molecule has 164 valence electrons. The summed E-state index contributed by atoms with van der Waals surface area (Å²) in [6.07, 6.45) is -1.77. The molecule has 8 nitrogen and oxygen atoms in total. The maximum Gasteiger partial charge on any atom is 0.417 e. The molecule has 2 aliphatic rings. The van der Waals surface area contributed by atoms with E-state index in [9.17, 15) is 14.4 Å². The third-order valence-corrected chi connectivity index (χ3v) is 5.20. The van der Waals surface area contributed by atoms with Crippen LogP contribution in [0.1, 0.15) is 51.9 Å². The van der Waals surface area contributed by atoms with Crippen LogP contribution >= 0.6 is 0 Å². The lowest BCUT2D eigenvalue weighted by Gasteiger charge is -2.46. The van der Waals surface area contributed by atoms with Crippen LogP contribution in [-0.4, -0.2) is 59.1 Å². The summed E-state index contributed by atoms with van der Waals surface area (Å²) in [6, 6.07) is 8.48. The fourth-order valence-corrected chi connectivity index (χ4v) is 3.67. The second-order valence-electron chi connectivity index (χ2n) is 9.22. The molecule has 0 saturated carbocycles. The van der Waals surface area contributed by atoms with Crippen molar-refractivity contribution in [2.24, 2.45) is 5.92 Å². The Kier molecular flexibility index (Phi) is 5.68. The normalized spacial score (nSPS) is 25.3. The summed E-state index contributed by atoms with van der Waals surface area (Å²) in [5.41, 5.74) is -1.78. The lowest BCUT2D eigenvalue weighted by atomic mass is 9.89. The first-order valence-corrected chi connectivity index (χ1v) is 9.97. The predicted octanol–water partition coefficient (Wildman–Crippen LogP) is 3.15. The molecule has 2 atom stereocenters. The molecule has 30 heavy (non-hydrogen) atoms. The summed E-state index contributed by atoms with van der Waals surface area (Å²) in [5.74, 6) is -2.76. The van der Waals surface area contributed by atoms with Gasteiger partial charge in [0.05, 0.1) is 24.7 Å². The highest BCUT2D eigenvalue weighted by atomic mass is 16.7. The van der Waals surface area contributed by atoms with Crippen molar-refractivity contribution < 1.29 is 33.3 Å². The average molecular weight is 419 g/mol. The van der Waals surface area contributed by atoms with Gasteiger partial charge in [-0.2, -0.15) is 0 Å². The number of likely N-dealkylation sites (tertiary alicyclic amines) is 1. The molecular formula is C22H29NO7. The van der Waals surface area contributed by atoms with Gasteiger partial charge in [-0.15, -0.1) is 0 Å². The maximum absolute atomic E-state index is 13.1. The molecule has 0 N–H and O–H groups in total. The van der Waals surface area contributed by atoms with Crippen LogP contribution < -0.4 is 0 Å². The van der Waals surface area contributed by atoms with Crippen LogP contribution in [0.5, 0.6) is 0 Å². The van der Waals surface area contributed by atoms with E-state index in [1.807, 2.05) is 0 Å². The number of benzene rings is 1. The molecule has 1 spiro atoms. The number of nitrogens with zero attached hydrogens (tertiary/aromatic N) is 1. The summed E-state index contributed by atoms with van der Waals surface area (Å²) in [7, 11) is 0. The zero-order valence-electron chi connectivity index (χ0n) is 18.3. The molecule has 0 bridgehead atoms. The van der Waals surface area contributed by atoms with Gasteiger partial charge in [0.15, 0.2) is 5.79 Å². The minimum atomic E-state index is -1.32. The molecule has 0 radical (unpaired) electrons. The van der Waals surface area contributed by atoms with Crippen LogP contribution in [0.3, 0.4) is 0 Å². The Morgan fingerprint density at radius 1 is 1.10 bits per heavy atom. The van der Waals surface area contributed by atoms with Crippen molar-refractivity contribution in [2.75, 3.05) is 13.2 Å². The number of amides is 2. The smallest absolute Gasteiger partial charge is 0.417 e. The first kappa shape index (κ1) is 22.2. The standard InChI is InChI=1S/C22H29NO7/c1-14-16(29-18(25)15-10-8-7-9-11-15)22(12-27-21(5,6)28-13-22)23(17(14)24)19(26)30-20(2,3)4/h7-11,14,16H,12-13H2,1-6H3/t14-,16-/m1/s1. The van der Waals surface area contributed by atoms with Gasteiger partial charge in [-0.1, -0.05) is 18.2 Å². The maximum atomic E-state index is 13.1. The summed E-state index contributed by atoms with van der Waals surface area (Å²) in [4.78, 5) is 39.9. The van der Waals surface area contributed by atoms with Crippen LogP contribution in [0.25, 0.3) is 0 Å². The fraction of sp³-hybridized carbons (Fsp3) is 0.591. The van der Waals surface area contributed by atoms with E-state index < -0.39 is 46.9 Å². The first-order valence-electron chi connectivity index (χ1n) is 9.97. The minimum Gasteiger partial charge on any atom is -0.455 e. The predicted molar refractivity (Wildman–Crippen MR) is 107 cm³/mol. The Balaban J connectivity index is 1.97. The van der Waals surface area contributed by atoms with Crippen LogP contribution in [0.4, 0.5) is 4.79 Å². The Bertz CT molecular complexity index is 818. The Hall–Kier alpha value is -2.45. The SMILES string of the molecule is C[C@H]1C(=O)N(C(=O)OC(C)(C)C)C2(COC(C)(C)OC2)[C@@H]1OC(=O)c1ccccc1. The van der Waals surface area contributed by atoms with E-state index in [2.05, 4.69) is 0 Å². The molecule has 3 rings (SSSR count). The topological polar surface area (TPSA) is 91.4 Å². The van der Waals surface area contributed by atoms with E-state index in [-0.39, 0.29) is 13.2 Å². The molecule has 1 aromatic carbocycles. The third-order valence-electron chi connectivity index (χ3n) is 5.20. The van der Waals surface area contributed by atoms with Crippen molar-refractivity contribution in [3.63, 3.8) is 0 Å². The Morgan fingerprint density at radius 2 is 1.67 bits per heavy atom. The van der Waals surface area contributed by atoms with Gasteiger partial charge in [-0.3, -0.25) is 4.79 Å². The quantitative estimate of drug-likeness (QED) is 0.680. The van der Waals surface area contributed by atoms with E-state index in [0.717, 1.165) is 4.90 Å². The molecule has 0 unspecified atom stereocenters. The molecule has 2 amide bonds. The molecule has 2 saturated heterocycles. The van der Waals surface area contributed by atoms with Crippen molar-refractivity contribution in [1.82, 2.24) is 4.90 Å². The van der Waals surface area contributed by atoms with E-state index in [1.54, 1.807) is 71.9 Å². The zero-order valence-corrected chi connectivity index (χ0v) is 18.3. The molecule has 2 fully saturated rings. The lowest BCUT2D eigenvalue weighted by molar-refractivity contribution is -0.289. The summed E-state index contributed by atoms with van der Waals surface area (Å²) in [6.45, 7) is 10.2. The summed E-state index contributed by atoms with van der Waals surface area (Å²) >= 11 is 0. The number of hydrogen-bond acceptors (Lipinski definition) is 7. The summed E-state index contributed by atoms with van der Waals surface area (Å²) in [5, 5.41) is 0. The molecule has 2 heterocycles. The number of carbonyl (C=O) groups excluding carboxylic acids is 3. The van der Waals surface area contributed by atoms with E-state index in [0.29, 0.717) is 5.56 Å². The van der Waals surface area contributed by atoms with Crippen molar-refractivity contribution in [1.29, 1.82) is 0 Å². The zero-order chi connectivity index (χ0) is 22.3. The van der Waals surface area contributed by atoms with Gasteiger partial charge >= 0.3 is 12.1 Å². The largest absolute Gasteiger partial charge is 0.455 e. The van der Waals surface area contributed by atoms with Crippen molar-refractivity contribution in [2.45, 2.75) is 64.6 Å². The second-order valence-corrected chi connectivity index (χ2v) is 9.22. The molecule has 1 aromatic rings. The van der Waals surface area contributed by atoms with Crippen molar-refractivity contribution >= 4 is 18.0 Å². The van der Waals surface area contributed by atoms with Crippen LogP contribution in [0.2, 0.25) is 0 Å². The number of imide groups is 1. The van der Waals surface area contributed by atoms with Gasteiger partial charge in [-0.25, -0.2) is 14.5 Å². The highest BCUT2D eigenvalue weighted by Gasteiger charge is 2.65. The number of esters is 1. The monoisotopic (exact) mass is 419 g/mol. The Labute approximate surface area is 176 Å². The Morgan fingerprint density at radius 3 is 2.20 bits per heavy atom. The number of rotatable bonds is 2. The van der Waals surface area contributed by atoms with Crippen molar-refractivity contribution in [3.05, 3.63) is 35.9 Å². The van der Waals surface area contributed by atoms with Gasteiger partial charge in [0.25, 0.3) is 0 Å². The molecule has 0 aliphatic carbocycles. The summed E-state index contributed by atoms with van der Waals surface area (Å²) < 4.78 is 22.9. The van der Waals surface area contributed by atoms with Crippen LogP contribution in [-0.2, 0) is 23.7 Å². The highest BCUT2D eigenvalue weighted by Crippen LogP contribution is 2.42. The number of hydrogen-bond donors (Lipinski definition) is 0. The number of carbonyl (C=O) groups is 3. The van der Waals surface area contributed by atoms with Crippen molar-refractivity contribution in [3.8, 4) is 0 Å². The van der Waals surface area contributed by atoms with Gasteiger partial charge in [0.2, 0.25) is 5.91 Å². The first-order chi connectivity index (χ1) is 13.9. The second kappa shape index (κ2) is 7.67. The van der Waals surface area contributed by atoms with Gasteiger partial charge in [0.1, 0.15) is 17.2 Å². The third kappa shape index (κ3) is 4.20. The average Bonchev–Trinajstić information content (AvgIpc) is 2.85. The van der Waals surface area contributed by atoms with E-state index in [4.69, 9.17) is 18.9 Å². The van der Waals surface area contributed by atoms with Gasteiger partial charge in [0, 0.05) is 0 Å². The molecule has 0 aromatic heterocycles. The molecule has 2 aliphatic heterocycles. The lowest BCUT2D eigenvalue weighted by Crippen LogP contribution is -2.65. The van der Waals surface area contributed by atoms with Crippen LogP contribution in [0, 0.1) is 5.92 Å².